The lowest BCUT2D eigenvalue weighted by Crippen LogP contribution is -2.24. The van der Waals surface area contributed by atoms with Gasteiger partial charge in [0.2, 0.25) is 5.91 Å². The summed E-state index contributed by atoms with van der Waals surface area (Å²) < 4.78 is 12.4. The lowest BCUT2D eigenvalue weighted by atomic mass is 10.1. The van der Waals surface area contributed by atoms with Gasteiger partial charge in [-0.15, -0.1) is 0 Å². The van der Waals surface area contributed by atoms with E-state index in [0.29, 0.717) is 26.1 Å². The molecule has 3 heterocycles. The van der Waals surface area contributed by atoms with E-state index in [1.54, 1.807) is 18.1 Å². The summed E-state index contributed by atoms with van der Waals surface area (Å²) in [5, 5.41) is 0. The van der Waals surface area contributed by atoms with Crippen molar-refractivity contribution in [2.75, 3.05) is 13.2 Å². The molecule has 1 aromatic carbocycles. The van der Waals surface area contributed by atoms with E-state index >= 15 is 0 Å². The fraction of sp³-hybridized carbons (Fsp3) is 0.350. The molecule has 1 saturated heterocycles. The van der Waals surface area contributed by atoms with Gasteiger partial charge in [0, 0.05) is 18.9 Å². The molecule has 27 heavy (non-hydrogen) atoms. The van der Waals surface area contributed by atoms with Crippen molar-refractivity contribution in [1.29, 1.82) is 0 Å². The Morgan fingerprint density at radius 3 is 2.93 bits per heavy atom. The van der Waals surface area contributed by atoms with Crippen molar-refractivity contribution in [3.05, 3.63) is 54.2 Å². The van der Waals surface area contributed by atoms with Crippen LogP contribution in [0.3, 0.4) is 0 Å². The highest BCUT2D eigenvalue weighted by atomic mass is 16.5. The first-order valence-corrected chi connectivity index (χ1v) is 9.06. The number of hydrogen-bond acceptors (Lipinski definition) is 5. The molecule has 0 radical (unpaired) electrons. The molecule has 4 rings (SSSR count). The van der Waals surface area contributed by atoms with Gasteiger partial charge in [0.15, 0.2) is 0 Å². The third kappa shape index (κ3) is 3.45. The van der Waals surface area contributed by atoms with Gasteiger partial charge in [0.25, 0.3) is 0 Å². The summed E-state index contributed by atoms with van der Waals surface area (Å²) in [5.74, 6) is 1.18. The molecule has 7 nitrogen and oxygen atoms in total. The summed E-state index contributed by atoms with van der Waals surface area (Å²) >= 11 is 0. The maximum absolute atomic E-state index is 12.5. The van der Waals surface area contributed by atoms with Crippen LogP contribution in [-0.2, 0) is 27.4 Å². The lowest BCUT2D eigenvalue weighted by Gasteiger charge is -2.16. The topological polar surface area (TPSA) is 77.6 Å². The monoisotopic (exact) mass is 367 g/mol. The van der Waals surface area contributed by atoms with Crippen molar-refractivity contribution in [3.63, 3.8) is 0 Å². The normalized spacial score (nSPS) is 17.0. The number of nitrogens with zero attached hydrogens (tertiary/aromatic N) is 3. The Balaban J connectivity index is 1.62. The maximum Gasteiger partial charge on any atom is 0.326 e. The number of fused-ring (bicyclic) bond motifs is 1. The summed E-state index contributed by atoms with van der Waals surface area (Å²) in [6.07, 6.45) is 1.97. The number of aromatic nitrogens is 2. The van der Waals surface area contributed by atoms with Gasteiger partial charge in [-0.1, -0.05) is 12.1 Å². The minimum Gasteiger partial charge on any atom is -0.467 e. The molecule has 3 aromatic rings. The molecule has 1 aliphatic rings. The van der Waals surface area contributed by atoms with Gasteiger partial charge in [-0.05, 0) is 31.2 Å². The minimum atomic E-state index is -0.307. The number of rotatable bonds is 6. The van der Waals surface area contributed by atoms with E-state index in [0.717, 1.165) is 22.6 Å². The number of carbonyl (C=O) groups is 2. The second-order valence-electron chi connectivity index (χ2n) is 6.60. The zero-order valence-corrected chi connectivity index (χ0v) is 15.1. The molecule has 0 N–H and O–H groups in total. The van der Waals surface area contributed by atoms with Crippen molar-refractivity contribution < 1.29 is 18.7 Å². The smallest absolute Gasteiger partial charge is 0.326 e. The Kier molecular flexibility index (Phi) is 4.66. The van der Waals surface area contributed by atoms with Gasteiger partial charge < -0.3 is 18.6 Å². The Morgan fingerprint density at radius 2 is 2.15 bits per heavy atom. The molecule has 0 saturated carbocycles. The largest absolute Gasteiger partial charge is 0.467 e. The number of carbonyl (C=O) groups excluding carboxylic acids is 2. The van der Waals surface area contributed by atoms with Crippen LogP contribution in [-0.4, -0.2) is 39.5 Å². The molecular formula is C20H21N3O4. The van der Waals surface area contributed by atoms with Crippen molar-refractivity contribution in [1.82, 2.24) is 14.5 Å². The van der Waals surface area contributed by atoms with E-state index in [-0.39, 0.29) is 24.3 Å². The van der Waals surface area contributed by atoms with Crippen LogP contribution >= 0.6 is 0 Å². The molecule has 0 aliphatic carbocycles. The summed E-state index contributed by atoms with van der Waals surface area (Å²) in [4.78, 5) is 31.1. The third-order valence-corrected chi connectivity index (χ3v) is 4.78. The van der Waals surface area contributed by atoms with Crippen LogP contribution in [0.15, 0.2) is 47.1 Å². The molecule has 0 bridgehead atoms. The van der Waals surface area contributed by atoms with Gasteiger partial charge in [-0.2, -0.15) is 0 Å². The molecule has 1 atom stereocenters. The van der Waals surface area contributed by atoms with Gasteiger partial charge in [-0.25, -0.2) is 4.98 Å². The van der Waals surface area contributed by atoms with Crippen LogP contribution in [0.25, 0.3) is 11.0 Å². The van der Waals surface area contributed by atoms with Crippen LogP contribution < -0.4 is 0 Å². The molecule has 2 aromatic heterocycles. The Morgan fingerprint density at radius 1 is 1.30 bits per heavy atom. The van der Waals surface area contributed by atoms with Crippen LogP contribution in [0.4, 0.5) is 0 Å². The fourth-order valence-corrected chi connectivity index (χ4v) is 3.60. The van der Waals surface area contributed by atoms with Gasteiger partial charge >= 0.3 is 5.97 Å². The zero-order valence-electron chi connectivity index (χ0n) is 15.1. The molecule has 140 valence electrons. The van der Waals surface area contributed by atoms with Crippen LogP contribution in [0.2, 0.25) is 0 Å². The molecule has 1 amide bonds. The summed E-state index contributed by atoms with van der Waals surface area (Å²) in [7, 11) is 0. The molecular weight excluding hydrogens is 346 g/mol. The van der Waals surface area contributed by atoms with Crippen molar-refractivity contribution in [2.24, 2.45) is 0 Å². The molecule has 0 spiro atoms. The third-order valence-electron chi connectivity index (χ3n) is 4.78. The lowest BCUT2D eigenvalue weighted by molar-refractivity contribution is -0.143. The second-order valence-corrected chi connectivity index (χ2v) is 6.60. The highest BCUT2D eigenvalue weighted by Crippen LogP contribution is 2.31. The van der Waals surface area contributed by atoms with Crippen LogP contribution in [0, 0.1) is 0 Å². The first-order chi connectivity index (χ1) is 13.2. The number of esters is 1. The molecule has 0 unspecified atom stereocenters. The first-order valence-electron chi connectivity index (χ1n) is 9.06. The highest BCUT2D eigenvalue weighted by Gasteiger charge is 2.34. The van der Waals surface area contributed by atoms with E-state index in [1.165, 1.54) is 0 Å². The first kappa shape index (κ1) is 17.3. The van der Waals surface area contributed by atoms with Gasteiger partial charge in [-0.3, -0.25) is 9.59 Å². The van der Waals surface area contributed by atoms with E-state index in [4.69, 9.17) is 14.1 Å². The van der Waals surface area contributed by atoms with Crippen LogP contribution in [0.1, 0.15) is 30.8 Å². The summed E-state index contributed by atoms with van der Waals surface area (Å²) in [6, 6.07) is 11.3. The zero-order chi connectivity index (χ0) is 18.8. The standard InChI is InChI=1S/C20H21N3O4/c1-2-26-19(25)13-23-17-8-4-3-7-16(17)21-20(23)14-10-18(24)22(11-14)12-15-6-5-9-27-15/h3-9,14H,2,10-13H2,1H3/t14-/m0/s1. The summed E-state index contributed by atoms with van der Waals surface area (Å²) in [6.45, 7) is 3.20. The summed E-state index contributed by atoms with van der Waals surface area (Å²) in [5.41, 5.74) is 1.69. The Labute approximate surface area is 156 Å². The number of ether oxygens (including phenoxy) is 1. The number of hydrogen-bond donors (Lipinski definition) is 0. The van der Waals surface area contributed by atoms with Gasteiger partial charge in [0.1, 0.15) is 18.1 Å². The van der Waals surface area contributed by atoms with Crippen molar-refractivity contribution >= 4 is 22.9 Å². The van der Waals surface area contributed by atoms with Crippen molar-refractivity contribution in [3.8, 4) is 0 Å². The number of imidazole rings is 1. The average Bonchev–Trinajstić information content (AvgIpc) is 3.36. The minimum absolute atomic E-state index is 0.0612. The number of para-hydroxylation sites is 2. The van der Waals surface area contributed by atoms with E-state index in [1.807, 2.05) is 41.0 Å². The van der Waals surface area contributed by atoms with E-state index < -0.39 is 0 Å². The Bertz CT molecular complexity index is 961. The highest BCUT2D eigenvalue weighted by molar-refractivity contribution is 5.82. The average molecular weight is 367 g/mol. The Hall–Kier alpha value is -3.09. The predicted octanol–water partition coefficient (Wildman–Crippen LogP) is 2.71. The quantitative estimate of drug-likeness (QED) is 0.626. The van der Waals surface area contributed by atoms with Crippen LogP contribution in [0.5, 0.6) is 0 Å². The number of furan rings is 1. The second kappa shape index (κ2) is 7.26. The number of likely N-dealkylation sites (tertiary alicyclic amines) is 1. The van der Waals surface area contributed by atoms with E-state index in [9.17, 15) is 9.59 Å². The van der Waals surface area contributed by atoms with Crippen molar-refractivity contribution in [2.45, 2.75) is 32.4 Å². The number of amides is 1. The SMILES string of the molecule is CCOC(=O)Cn1c([C@H]2CC(=O)N(Cc3ccco3)C2)nc2ccccc21. The molecule has 1 fully saturated rings. The van der Waals surface area contributed by atoms with E-state index in [2.05, 4.69) is 0 Å². The number of benzene rings is 1. The fourth-order valence-electron chi connectivity index (χ4n) is 3.60. The predicted molar refractivity (Wildman–Crippen MR) is 97.8 cm³/mol. The van der Waals surface area contributed by atoms with Gasteiger partial charge in [0.05, 0.1) is 30.4 Å². The maximum atomic E-state index is 12.5. The molecule has 7 heteroatoms. The molecule has 1 aliphatic heterocycles.